The van der Waals surface area contributed by atoms with Crippen LogP contribution in [0.5, 0.6) is 0 Å². The van der Waals surface area contributed by atoms with Crippen molar-refractivity contribution in [2.75, 3.05) is 24.6 Å². The van der Waals surface area contributed by atoms with Crippen LogP contribution in [0.4, 0.5) is 11.4 Å². The maximum absolute atomic E-state index is 12.1. The number of rotatable bonds is 6. The molecule has 0 aliphatic carbocycles. The summed E-state index contributed by atoms with van der Waals surface area (Å²) in [6.45, 7) is 4.70. The van der Waals surface area contributed by atoms with Crippen molar-refractivity contribution in [2.24, 2.45) is 0 Å². The summed E-state index contributed by atoms with van der Waals surface area (Å²) in [5.41, 5.74) is 0.451. The van der Waals surface area contributed by atoms with Gasteiger partial charge in [-0.1, -0.05) is 0 Å². The molecule has 0 atom stereocenters. The summed E-state index contributed by atoms with van der Waals surface area (Å²) in [6.07, 6.45) is 3.10. The number of anilines is 1. The van der Waals surface area contributed by atoms with E-state index in [2.05, 4.69) is 5.32 Å². The van der Waals surface area contributed by atoms with Crippen LogP contribution < -0.4 is 10.2 Å². The lowest BCUT2D eigenvalue weighted by Crippen LogP contribution is -2.34. The number of nitro benzene ring substituents is 1. The zero-order valence-corrected chi connectivity index (χ0v) is 14.5. The highest BCUT2D eigenvalue weighted by molar-refractivity contribution is 5.93. The number of nitrogens with zero attached hydrogens (tertiary/aromatic N) is 2. The zero-order valence-electron chi connectivity index (χ0n) is 14.5. The molecule has 0 saturated carbocycles. The normalized spacial score (nSPS) is 14.3. The summed E-state index contributed by atoms with van der Waals surface area (Å²) in [6, 6.07) is 4.23. The molecule has 1 heterocycles. The van der Waals surface area contributed by atoms with Gasteiger partial charge in [-0.25, -0.2) is 4.79 Å². The summed E-state index contributed by atoms with van der Waals surface area (Å²) in [4.78, 5) is 36.4. The van der Waals surface area contributed by atoms with Gasteiger partial charge in [0, 0.05) is 25.2 Å². The first-order valence-electron chi connectivity index (χ1n) is 8.38. The number of carbonyl (C=O) groups is 2. The van der Waals surface area contributed by atoms with Crippen molar-refractivity contribution < 1.29 is 19.2 Å². The third kappa shape index (κ3) is 5.17. The zero-order chi connectivity index (χ0) is 18.4. The second-order valence-electron chi connectivity index (χ2n) is 6.31. The molecule has 136 valence electrons. The average Bonchev–Trinajstić information content (AvgIpc) is 2.59. The van der Waals surface area contributed by atoms with E-state index in [1.165, 1.54) is 12.1 Å². The first kappa shape index (κ1) is 18.7. The minimum atomic E-state index is -0.757. The van der Waals surface area contributed by atoms with Crippen LogP contribution in [0.15, 0.2) is 18.2 Å². The standard InChI is InChI=1S/C17H23N3O5/c1-12(2)18-16(21)11-25-17(22)13-6-7-14(15(10-13)20(23)24)19-8-4-3-5-9-19/h6-7,10,12H,3-5,8-9,11H2,1-2H3,(H,18,21). The van der Waals surface area contributed by atoms with E-state index in [4.69, 9.17) is 4.74 Å². The quantitative estimate of drug-likeness (QED) is 0.480. The molecule has 25 heavy (non-hydrogen) atoms. The minimum Gasteiger partial charge on any atom is -0.452 e. The number of benzene rings is 1. The molecule has 0 spiro atoms. The van der Waals surface area contributed by atoms with Crippen molar-refractivity contribution in [3.05, 3.63) is 33.9 Å². The molecule has 2 rings (SSSR count). The molecule has 8 nitrogen and oxygen atoms in total. The lowest BCUT2D eigenvalue weighted by atomic mass is 10.1. The summed E-state index contributed by atoms with van der Waals surface area (Å²) in [7, 11) is 0. The summed E-state index contributed by atoms with van der Waals surface area (Å²) >= 11 is 0. The molecule has 1 aliphatic rings. The number of amides is 1. The van der Waals surface area contributed by atoms with Crippen molar-refractivity contribution in [3.63, 3.8) is 0 Å². The van der Waals surface area contributed by atoms with Gasteiger partial charge in [0.05, 0.1) is 10.5 Å². The van der Waals surface area contributed by atoms with E-state index in [9.17, 15) is 19.7 Å². The van der Waals surface area contributed by atoms with E-state index in [1.54, 1.807) is 19.9 Å². The van der Waals surface area contributed by atoms with Gasteiger partial charge < -0.3 is 15.0 Å². The third-order valence-corrected chi connectivity index (χ3v) is 3.89. The fourth-order valence-corrected chi connectivity index (χ4v) is 2.78. The molecule has 1 aromatic rings. The number of hydrogen-bond donors (Lipinski definition) is 1. The van der Waals surface area contributed by atoms with Crippen LogP contribution in [0.3, 0.4) is 0 Å². The highest BCUT2D eigenvalue weighted by Crippen LogP contribution is 2.31. The largest absolute Gasteiger partial charge is 0.452 e. The number of nitrogens with one attached hydrogen (secondary N) is 1. The Morgan fingerprint density at radius 3 is 2.56 bits per heavy atom. The van der Waals surface area contributed by atoms with E-state index < -0.39 is 23.4 Å². The Morgan fingerprint density at radius 2 is 1.96 bits per heavy atom. The average molecular weight is 349 g/mol. The lowest BCUT2D eigenvalue weighted by Gasteiger charge is -2.28. The Bertz CT molecular complexity index is 654. The Labute approximate surface area is 146 Å². The topological polar surface area (TPSA) is 102 Å². The number of ether oxygens (including phenoxy) is 1. The highest BCUT2D eigenvalue weighted by Gasteiger charge is 2.23. The minimum absolute atomic E-state index is 0.0592. The SMILES string of the molecule is CC(C)NC(=O)COC(=O)c1ccc(N2CCCCC2)c([N+](=O)[O-])c1. The lowest BCUT2D eigenvalue weighted by molar-refractivity contribution is -0.384. The second kappa shape index (κ2) is 8.46. The Morgan fingerprint density at radius 1 is 1.28 bits per heavy atom. The van der Waals surface area contributed by atoms with Crippen molar-refractivity contribution in [1.29, 1.82) is 0 Å². The fraction of sp³-hybridized carbons (Fsp3) is 0.529. The number of esters is 1. The van der Waals surface area contributed by atoms with Gasteiger partial charge in [-0.3, -0.25) is 14.9 Å². The van der Waals surface area contributed by atoms with Crippen LogP contribution in [0.25, 0.3) is 0 Å². The molecule has 1 fully saturated rings. The van der Waals surface area contributed by atoms with Crippen LogP contribution in [-0.4, -0.2) is 42.5 Å². The molecule has 0 aromatic heterocycles. The van der Waals surface area contributed by atoms with Crippen molar-refractivity contribution in [1.82, 2.24) is 5.32 Å². The number of carbonyl (C=O) groups excluding carboxylic acids is 2. The van der Waals surface area contributed by atoms with E-state index in [0.29, 0.717) is 5.69 Å². The van der Waals surface area contributed by atoms with E-state index in [0.717, 1.165) is 32.4 Å². The molecule has 0 unspecified atom stereocenters. The number of nitro groups is 1. The molecule has 1 N–H and O–H groups in total. The third-order valence-electron chi connectivity index (χ3n) is 3.89. The maximum atomic E-state index is 12.1. The predicted molar refractivity (Wildman–Crippen MR) is 92.7 cm³/mol. The number of hydrogen-bond acceptors (Lipinski definition) is 6. The van der Waals surface area contributed by atoms with Gasteiger partial charge in [0.1, 0.15) is 5.69 Å². The van der Waals surface area contributed by atoms with Gasteiger partial charge in [-0.2, -0.15) is 0 Å². The molecular weight excluding hydrogens is 326 g/mol. The monoisotopic (exact) mass is 349 g/mol. The molecular formula is C17H23N3O5. The van der Waals surface area contributed by atoms with Gasteiger partial charge in [-0.15, -0.1) is 0 Å². The maximum Gasteiger partial charge on any atom is 0.338 e. The van der Waals surface area contributed by atoms with Gasteiger partial charge in [0.15, 0.2) is 6.61 Å². The summed E-state index contributed by atoms with van der Waals surface area (Å²) in [5.74, 6) is -1.17. The van der Waals surface area contributed by atoms with Gasteiger partial charge in [0.2, 0.25) is 0 Å². The predicted octanol–water partition coefficient (Wildman–Crippen LogP) is 2.27. The smallest absolute Gasteiger partial charge is 0.338 e. The number of piperidine rings is 1. The summed E-state index contributed by atoms with van der Waals surface area (Å²) in [5, 5.41) is 14.0. The van der Waals surface area contributed by atoms with Crippen LogP contribution >= 0.6 is 0 Å². The molecule has 0 bridgehead atoms. The van der Waals surface area contributed by atoms with Gasteiger partial charge >= 0.3 is 5.97 Å². The van der Waals surface area contributed by atoms with Crippen LogP contribution in [0.2, 0.25) is 0 Å². The van der Waals surface area contributed by atoms with E-state index in [-0.39, 0.29) is 17.3 Å². The molecule has 1 aromatic carbocycles. The van der Waals surface area contributed by atoms with E-state index >= 15 is 0 Å². The molecule has 8 heteroatoms. The Balaban J connectivity index is 2.11. The molecule has 0 radical (unpaired) electrons. The first-order valence-corrected chi connectivity index (χ1v) is 8.38. The molecule has 1 aliphatic heterocycles. The van der Waals surface area contributed by atoms with Gasteiger partial charge in [-0.05, 0) is 45.2 Å². The van der Waals surface area contributed by atoms with Crippen LogP contribution in [-0.2, 0) is 9.53 Å². The molecule has 1 saturated heterocycles. The summed E-state index contributed by atoms with van der Waals surface area (Å²) < 4.78 is 4.92. The van der Waals surface area contributed by atoms with E-state index in [1.807, 2.05) is 4.90 Å². The van der Waals surface area contributed by atoms with Crippen LogP contribution in [0, 0.1) is 10.1 Å². The van der Waals surface area contributed by atoms with Crippen LogP contribution in [0.1, 0.15) is 43.5 Å². The van der Waals surface area contributed by atoms with Crippen molar-refractivity contribution >= 4 is 23.3 Å². The van der Waals surface area contributed by atoms with Gasteiger partial charge in [0.25, 0.3) is 11.6 Å². The first-order chi connectivity index (χ1) is 11.9. The second-order valence-corrected chi connectivity index (χ2v) is 6.31. The Kier molecular flexibility index (Phi) is 6.32. The van der Waals surface area contributed by atoms with Crippen molar-refractivity contribution in [3.8, 4) is 0 Å². The molecule has 1 amide bonds. The van der Waals surface area contributed by atoms with Crippen molar-refractivity contribution in [2.45, 2.75) is 39.2 Å². The highest BCUT2D eigenvalue weighted by atomic mass is 16.6. The fourth-order valence-electron chi connectivity index (χ4n) is 2.78. The Hall–Kier alpha value is -2.64.